The Hall–Kier alpha value is -0.520. The highest BCUT2D eigenvalue weighted by Gasteiger charge is 2.00. The molecule has 1 unspecified atom stereocenters. The van der Waals surface area contributed by atoms with Gasteiger partial charge in [0.15, 0.2) is 0 Å². The summed E-state index contributed by atoms with van der Waals surface area (Å²) >= 11 is 0. The Bertz CT molecular complexity index is 145. The molecule has 0 heterocycles. The van der Waals surface area contributed by atoms with Crippen LogP contribution in [0.5, 0.6) is 0 Å². The predicted molar refractivity (Wildman–Crippen MR) is 57.9 cm³/mol. The summed E-state index contributed by atoms with van der Waals surface area (Å²) in [6.45, 7) is 5.78. The molecule has 0 aliphatic rings. The van der Waals surface area contributed by atoms with E-state index in [1.807, 2.05) is 6.08 Å². The molecule has 0 aromatic carbocycles. The maximum absolute atomic E-state index is 5.24. The van der Waals surface area contributed by atoms with Crippen LogP contribution in [0.15, 0.2) is 18.4 Å². The van der Waals surface area contributed by atoms with E-state index in [2.05, 4.69) is 19.2 Å². The highest BCUT2D eigenvalue weighted by molar-refractivity contribution is 4.85. The van der Waals surface area contributed by atoms with E-state index in [1.165, 1.54) is 32.1 Å². The zero-order valence-corrected chi connectivity index (χ0v) is 9.01. The largest absolute Gasteiger partial charge is 0.377 e. The Balaban J connectivity index is 3.33. The van der Waals surface area contributed by atoms with E-state index in [1.54, 1.807) is 7.11 Å². The molecular formula is C12H22O. The van der Waals surface area contributed by atoms with Gasteiger partial charge in [-0.2, -0.15) is 0 Å². The standard InChI is InChI=1S/C12H22O/c1-4-6-7-8-9-11-12(13-3)10-5-2/h10,12H,2,4,6-9,11H2,1,3H3. The summed E-state index contributed by atoms with van der Waals surface area (Å²) in [5.41, 5.74) is 2.77. The van der Waals surface area contributed by atoms with E-state index in [0.717, 1.165) is 6.42 Å². The van der Waals surface area contributed by atoms with Gasteiger partial charge in [0.1, 0.15) is 0 Å². The van der Waals surface area contributed by atoms with Gasteiger partial charge in [-0.3, -0.25) is 0 Å². The van der Waals surface area contributed by atoms with Gasteiger partial charge in [-0.05, 0) is 12.5 Å². The van der Waals surface area contributed by atoms with E-state index < -0.39 is 0 Å². The lowest BCUT2D eigenvalue weighted by Gasteiger charge is -2.08. The fourth-order valence-corrected chi connectivity index (χ4v) is 1.35. The summed E-state index contributed by atoms with van der Waals surface area (Å²) in [4.78, 5) is 0. The van der Waals surface area contributed by atoms with Crippen LogP contribution in [0.3, 0.4) is 0 Å². The third kappa shape index (κ3) is 7.83. The van der Waals surface area contributed by atoms with E-state index in [-0.39, 0.29) is 6.10 Å². The normalized spacial score (nSPS) is 12.2. The van der Waals surface area contributed by atoms with Crippen LogP contribution in [0.1, 0.15) is 45.4 Å². The minimum atomic E-state index is 0.221. The molecule has 0 rings (SSSR count). The second kappa shape index (κ2) is 9.57. The van der Waals surface area contributed by atoms with Crippen molar-refractivity contribution < 1.29 is 4.74 Å². The average Bonchev–Trinajstić information content (AvgIpc) is 2.16. The molecule has 0 radical (unpaired) electrons. The monoisotopic (exact) mass is 182 g/mol. The van der Waals surface area contributed by atoms with Crippen molar-refractivity contribution >= 4 is 0 Å². The lowest BCUT2D eigenvalue weighted by atomic mass is 10.1. The van der Waals surface area contributed by atoms with E-state index in [4.69, 9.17) is 4.74 Å². The molecule has 1 nitrogen and oxygen atoms in total. The SMILES string of the molecule is C=C=CC(CCCCCCC)OC. The van der Waals surface area contributed by atoms with Crippen LogP contribution < -0.4 is 0 Å². The summed E-state index contributed by atoms with van der Waals surface area (Å²) < 4.78 is 5.24. The number of methoxy groups -OCH3 is 1. The minimum absolute atomic E-state index is 0.221. The molecule has 0 saturated carbocycles. The first-order valence-corrected chi connectivity index (χ1v) is 5.23. The van der Waals surface area contributed by atoms with Gasteiger partial charge in [-0.15, -0.1) is 5.73 Å². The fourth-order valence-electron chi connectivity index (χ4n) is 1.35. The van der Waals surface area contributed by atoms with Crippen molar-refractivity contribution in [2.45, 2.75) is 51.6 Å². The molecule has 0 saturated heterocycles. The predicted octanol–water partition coefficient (Wildman–Crippen LogP) is 3.70. The van der Waals surface area contributed by atoms with E-state index >= 15 is 0 Å². The highest BCUT2D eigenvalue weighted by atomic mass is 16.5. The van der Waals surface area contributed by atoms with Crippen LogP contribution in [0, 0.1) is 0 Å². The van der Waals surface area contributed by atoms with Crippen molar-refractivity contribution in [3.8, 4) is 0 Å². The molecule has 0 amide bonds. The first-order chi connectivity index (χ1) is 6.35. The van der Waals surface area contributed by atoms with Crippen molar-refractivity contribution in [1.29, 1.82) is 0 Å². The van der Waals surface area contributed by atoms with Crippen LogP contribution in [-0.2, 0) is 4.74 Å². The van der Waals surface area contributed by atoms with E-state index in [0.29, 0.717) is 0 Å². The van der Waals surface area contributed by atoms with E-state index in [9.17, 15) is 0 Å². The lowest BCUT2D eigenvalue weighted by molar-refractivity contribution is 0.131. The summed E-state index contributed by atoms with van der Waals surface area (Å²) in [7, 11) is 1.74. The zero-order chi connectivity index (χ0) is 9.94. The molecule has 0 spiro atoms. The first-order valence-electron chi connectivity index (χ1n) is 5.23. The van der Waals surface area contributed by atoms with Gasteiger partial charge in [0.05, 0.1) is 6.10 Å². The third-order valence-electron chi connectivity index (χ3n) is 2.20. The maximum Gasteiger partial charge on any atom is 0.0825 e. The average molecular weight is 182 g/mol. The number of ether oxygens (including phenoxy) is 1. The van der Waals surface area contributed by atoms with Crippen LogP contribution in [-0.4, -0.2) is 13.2 Å². The fraction of sp³-hybridized carbons (Fsp3) is 0.750. The Labute approximate surface area is 82.5 Å². The molecule has 0 bridgehead atoms. The second-order valence-corrected chi connectivity index (χ2v) is 3.35. The van der Waals surface area contributed by atoms with Crippen molar-refractivity contribution in [3.05, 3.63) is 18.4 Å². The van der Waals surface area contributed by atoms with Crippen molar-refractivity contribution in [2.75, 3.05) is 7.11 Å². The molecule has 1 heteroatoms. The molecule has 0 aromatic heterocycles. The van der Waals surface area contributed by atoms with Gasteiger partial charge < -0.3 is 4.74 Å². The summed E-state index contributed by atoms with van der Waals surface area (Å²) in [5.74, 6) is 0. The quantitative estimate of drug-likeness (QED) is 0.411. The molecule has 0 fully saturated rings. The topological polar surface area (TPSA) is 9.23 Å². The maximum atomic E-state index is 5.24. The molecule has 1 atom stereocenters. The van der Waals surface area contributed by atoms with Crippen molar-refractivity contribution in [3.63, 3.8) is 0 Å². The molecule has 76 valence electrons. The molecule has 13 heavy (non-hydrogen) atoms. The smallest absolute Gasteiger partial charge is 0.0825 e. The summed E-state index contributed by atoms with van der Waals surface area (Å²) in [6, 6.07) is 0. The molecule has 0 aromatic rings. The van der Waals surface area contributed by atoms with Gasteiger partial charge in [0, 0.05) is 7.11 Å². The number of hydrogen-bond acceptors (Lipinski definition) is 1. The van der Waals surface area contributed by atoms with Crippen LogP contribution in [0.4, 0.5) is 0 Å². The Kier molecular flexibility index (Phi) is 9.18. The Morgan fingerprint density at radius 1 is 1.31 bits per heavy atom. The number of hydrogen-bond donors (Lipinski definition) is 0. The Morgan fingerprint density at radius 3 is 2.54 bits per heavy atom. The number of rotatable bonds is 8. The van der Waals surface area contributed by atoms with Crippen molar-refractivity contribution in [1.82, 2.24) is 0 Å². The summed E-state index contributed by atoms with van der Waals surface area (Å²) in [6.07, 6.45) is 9.80. The second-order valence-electron chi connectivity index (χ2n) is 3.35. The van der Waals surface area contributed by atoms with Gasteiger partial charge in [-0.25, -0.2) is 0 Å². The summed E-state index contributed by atoms with van der Waals surface area (Å²) in [5, 5.41) is 0. The van der Waals surface area contributed by atoms with Gasteiger partial charge in [0.2, 0.25) is 0 Å². The minimum Gasteiger partial charge on any atom is -0.377 e. The van der Waals surface area contributed by atoms with Crippen LogP contribution in [0.25, 0.3) is 0 Å². The molecule has 0 aliphatic carbocycles. The first kappa shape index (κ1) is 12.5. The molecule has 0 N–H and O–H groups in total. The van der Waals surface area contributed by atoms with Crippen molar-refractivity contribution in [2.24, 2.45) is 0 Å². The highest BCUT2D eigenvalue weighted by Crippen LogP contribution is 2.09. The van der Waals surface area contributed by atoms with Gasteiger partial charge >= 0.3 is 0 Å². The van der Waals surface area contributed by atoms with Crippen LogP contribution in [0.2, 0.25) is 0 Å². The van der Waals surface area contributed by atoms with Crippen LogP contribution >= 0.6 is 0 Å². The third-order valence-corrected chi connectivity index (χ3v) is 2.20. The molecular weight excluding hydrogens is 160 g/mol. The lowest BCUT2D eigenvalue weighted by Crippen LogP contribution is -2.05. The molecule has 0 aliphatic heterocycles. The number of unbranched alkanes of at least 4 members (excludes halogenated alkanes) is 4. The van der Waals surface area contributed by atoms with Gasteiger partial charge in [0.25, 0.3) is 0 Å². The Morgan fingerprint density at radius 2 is 2.00 bits per heavy atom. The zero-order valence-electron chi connectivity index (χ0n) is 9.01. The van der Waals surface area contributed by atoms with Gasteiger partial charge in [-0.1, -0.05) is 45.6 Å².